The predicted octanol–water partition coefficient (Wildman–Crippen LogP) is 2.69. The molecule has 1 rings (SSSR count). The van der Waals surface area contributed by atoms with E-state index in [1.807, 2.05) is 0 Å². The van der Waals surface area contributed by atoms with Crippen molar-refractivity contribution in [2.75, 3.05) is 14.1 Å². The zero-order valence-corrected chi connectivity index (χ0v) is 11.4. The van der Waals surface area contributed by atoms with Crippen LogP contribution < -0.4 is 0 Å². The molecule has 0 aromatic heterocycles. The van der Waals surface area contributed by atoms with E-state index >= 15 is 0 Å². The van der Waals surface area contributed by atoms with Gasteiger partial charge in [0.2, 0.25) is 0 Å². The minimum absolute atomic E-state index is 0.406. The fraction of sp³-hybridized carbons (Fsp3) is 0.333. The van der Waals surface area contributed by atoms with E-state index in [9.17, 15) is 32.1 Å². The fourth-order valence-corrected chi connectivity index (χ4v) is 1.50. The van der Waals surface area contributed by atoms with Crippen LogP contribution in [0.4, 0.5) is 22.0 Å². The normalized spacial score (nSPS) is 17.3. The van der Waals surface area contributed by atoms with Crippen molar-refractivity contribution in [3.8, 4) is 0 Å². The summed E-state index contributed by atoms with van der Waals surface area (Å²) >= 11 is 0. The molecular formula is C12H11F5N2O3. The maximum atomic E-state index is 13.8. The Bertz CT molecular complexity index is 584. The highest BCUT2D eigenvalue weighted by molar-refractivity contribution is 5.49. The first-order chi connectivity index (χ1) is 9.95. The molecule has 0 N–H and O–H groups in total. The third-order valence-electron chi connectivity index (χ3n) is 2.33. The Kier molecular flexibility index (Phi) is 4.94. The van der Waals surface area contributed by atoms with Gasteiger partial charge in [-0.2, -0.15) is 22.0 Å². The Labute approximate surface area is 121 Å². The molecular weight excluding hydrogens is 315 g/mol. The highest BCUT2D eigenvalue weighted by Crippen LogP contribution is 2.42. The van der Waals surface area contributed by atoms with Crippen LogP contribution in [-0.2, 0) is 4.74 Å². The van der Waals surface area contributed by atoms with Gasteiger partial charge < -0.3 is 4.74 Å². The highest BCUT2D eigenvalue weighted by Gasteiger charge is 2.50. The van der Waals surface area contributed by atoms with E-state index in [-0.39, 0.29) is 0 Å². The van der Waals surface area contributed by atoms with E-state index < -0.39 is 34.1 Å². The van der Waals surface area contributed by atoms with Crippen LogP contribution in [0.15, 0.2) is 35.1 Å². The number of hydrogen-bond acceptors (Lipinski definition) is 3. The van der Waals surface area contributed by atoms with E-state index in [4.69, 9.17) is 0 Å². The Hall–Kier alpha value is -2.39. The van der Waals surface area contributed by atoms with Crippen LogP contribution in [0.2, 0.25) is 0 Å². The lowest BCUT2D eigenvalue weighted by Crippen LogP contribution is -2.35. The van der Waals surface area contributed by atoms with Gasteiger partial charge in [0.25, 0.3) is 0 Å². The average molecular weight is 326 g/mol. The average Bonchev–Trinajstić information content (AvgIpc) is 2.35. The molecule has 0 aromatic rings. The summed E-state index contributed by atoms with van der Waals surface area (Å²) in [4.78, 5) is 9.59. The fourth-order valence-electron chi connectivity index (χ4n) is 1.50. The zero-order chi connectivity index (χ0) is 17.1. The molecule has 122 valence electrons. The molecule has 0 unspecified atom stereocenters. The molecule has 0 radical (unpaired) electrons. The summed E-state index contributed by atoms with van der Waals surface area (Å²) in [6.07, 6.45) is -6.87. The molecule has 0 atom stereocenters. The first-order valence-corrected chi connectivity index (χ1v) is 5.70. The minimum atomic E-state index is -5.45. The van der Waals surface area contributed by atoms with Crippen molar-refractivity contribution in [1.82, 2.24) is 0 Å². The van der Waals surface area contributed by atoms with Crippen molar-refractivity contribution in [2.24, 2.45) is 0 Å². The van der Waals surface area contributed by atoms with Crippen LogP contribution in [0, 0.1) is 16.5 Å². The molecule has 5 nitrogen and oxygen atoms in total. The molecule has 0 aromatic carbocycles. The van der Waals surface area contributed by atoms with E-state index in [1.165, 1.54) is 14.1 Å². The first-order valence-electron chi connectivity index (χ1n) is 5.70. The minimum Gasteiger partial charge on any atom is -0.388 e. The smallest absolute Gasteiger partial charge is 0.388 e. The number of rotatable bonds is 4. The SMILES string of the molecule is C[N+](C)=COC(F)(F)/C(=C1\C=C([N+](=O)[O-])C=C[CH-]1)C(F)(F)F. The van der Waals surface area contributed by atoms with Crippen LogP contribution in [0.3, 0.4) is 0 Å². The van der Waals surface area contributed by atoms with Gasteiger partial charge in [0.1, 0.15) is 14.1 Å². The quantitative estimate of drug-likeness (QED) is 0.152. The molecule has 0 saturated carbocycles. The third-order valence-corrected chi connectivity index (χ3v) is 2.33. The van der Waals surface area contributed by atoms with Gasteiger partial charge in [-0.05, 0) is 0 Å². The largest absolute Gasteiger partial charge is 0.399 e. The summed E-state index contributed by atoms with van der Waals surface area (Å²) in [5.74, 6) is 0. The van der Waals surface area contributed by atoms with Gasteiger partial charge >= 0.3 is 18.7 Å². The van der Waals surface area contributed by atoms with Gasteiger partial charge in [0.15, 0.2) is 5.70 Å². The molecule has 0 saturated heterocycles. The van der Waals surface area contributed by atoms with Crippen LogP contribution in [0.1, 0.15) is 0 Å². The summed E-state index contributed by atoms with van der Waals surface area (Å²) in [6, 6.07) is 0. The predicted molar refractivity (Wildman–Crippen MR) is 65.8 cm³/mol. The van der Waals surface area contributed by atoms with Gasteiger partial charge in [-0.25, -0.2) is 4.58 Å². The van der Waals surface area contributed by atoms with E-state index in [1.54, 1.807) is 0 Å². The van der Waals surface area contributed by atoms with Crippen molar-refractivity contribution in [3.05, 3.63) is 51.6 Å². The van der Waals surface area contributed by atoms with Gasteiger partial charge in [0.05, 0.1) is 5.57 Å². The zero-order valence-electron chi connectivity index (χ0n) is 11.4. The number of allylic oxidation sites excluding steroid dienone is 4. The molecule has 0 amide bonds. The monoisotopic (exact) mass is 326 g/mol. The second-order valence-electron chi connectivity index (χ2n) is 4.38. The maximum Gasteiger partial charge on any atom is 0.399 e. The molecule has 10 heteroatoms. The number of halogens is 5. The number of hydrogen-bond donors (Lipinski definition) is 0. The van der Waals surface area contributed by atoms with Crippen LogP contribution in [0.25, 0.3) is 0 Å². The van der Waals surface area contributed by atoms with Crippen LogP contribution >= 0.6 is 0 Å². The topological polar surface area (TPSA) is 55.4 Å². The van der Waals surface area contributed by atoms with Crippen LogP contribution in [0.5, 0.6) is 0 Å². The Morgan fingerprint density at radius 2 is 1.91 bits per heavy atom. The standard InChI is InChI=1S/C12H11F5N2O3/c1-18(2)7-22-12(16,17)10(11(13,14)15)8-4-3-5-9(6-8)19(20)21/h3-7H,1-2H3/b10-8-. The first kappa shape index (κ1) is 17.7. The summed E-state index contributed by atoms with van der Waals surface area (Å²) in [5, 5.41) is 10.6. The number of alkyl halides is 5. The molecule has 22 heavy (non-hydrogen) atoms. The molecule has 0 aliphatic heterocycles. The molecule has 1 aliphatic carbocycles. The second-order valence-corrected chi connectivity index (χ2v) is 4.38. The summed E-state index contributed by atoms with van der Waals surface area (Å²) in [7, 11) is 2.55. The van der Waals surface area contributed by atoms with Crippen LogP contribution in [-0.4, -0.2) is 42.3 Å². The maximum absolute atomic E-state index is 13.8. The number of nitro groups is 1. The van der Waals surface area contributed by atoms with Crippen molar-refractivity contribution in [3.63, 3.8) is 0 Å². The lowest BCUT2D eigenvalue weighted by molar-refractivity contribution is -0.472. The van der Waals surface area contributed by atoms with Crippen molar-refractivity contribution >= 4 is 6.40 Å². The molecule has 1 aliphatic rings. The second kappa shape index (κ2) is 6.16. The molecule has 0 bridgehead atoms. The highest BCUT2D eigenvalue weighted by atomic mass is 19.4. The lowest BCUT2D eigenvalue weighted by Gasteiger charge is -2.27. The Morgan fingerprint density at radius 3 is 2.36 bits per heavy atom. The van der Waals surface area contributed by atoms with E-state index in [0.29, 0.717) is 18.9 Å². The van der Waals surface area contributed by atoms with Gasteiger partial charge in [0, 0.05) is 4.92 Å². The van der Waals surface area contributed by atoms with Crippen molar-refractivity contribution in [1.29, 1.82) is 0 Å². The Morgan fingerprint density at radius 1 is 1.32 bits per heavy atom. The molecule has 0 fully saturated rings. The van der Waals surface area contributed by atoms with Gasteiger partial charge in [-0.15, -0.1) is 18.1 Å². The number of ether oxygens (including phenoxy) is 1. The lowest BCUT2D eigenvalue weighted by atomic mass is 9.98. The van der Waals surface area contributed by atoms with Gasteiger partial charge in [-0.3, -0.25) is 10.1 Å². The van der Waals surface area contributed by atoms with Gasteiger partial charge in [-0.1, -0.05) is 12.2 Å². The third kappa shape index (κ3) is 4.30. The number of nitrogens with zero attached hydrogens (tertiary/aromatic N) is 2. The summed E-state index contributed by atoms with van der Waals surface area (Å²) in [5.41, 5.74) is -4.10. The summed E-state index contributed by atoms with van der Waals surface area (Å²) < 4.78 is 71.3. The van der Waals surface area contributed by atoms with E-state index in [2.05, 4.69) is 4.74 Å². The summed E-state index contributed by atoms with van der Waals surface area (Å²) in [6.45, 7) is 0. The van der Waals surface area contributed by atoms with Crippen molar-refractivity contribution in [2.45, 2.75) is 12.3 Å². The molecule has 0 spiro atoms. The Balaban J connectivity index is 3.42. The van der Waals surface area contributed by atoms with Crippen molar-refractivity contribution < 1.29 is 36.2 Å². The molecule has 0 heterocycles. The van der Waals surface area contributed by atoms with E-state index in [0.717, 1.165) is 16.7 Å².